The third-order valence-corrected chi connectivity index (χ3v) is 16.6. The van der Waals surface area contributed by atoms with Crippen LogP contribution in [0.3, 0.4) is 0 Å². The van der Waals surface area contributed by atoms with Crippen molar-refractivity contribution in [3.05, 3.63) is 88.9 Å². The Labute approximate surface area is 458 Å². The first-order valence-corrected chi connectivity index (χ1v) is 28.1. The Hall–Kier alpha value is -6.82. The third-order valence-electron chi connectivity index (χ3n) is 15.6. The minimum atomic E-state index is -0.936. The van der Waals surface area contributed by atoms with Crippen LogP contribution in [0.1, 0.15) is 89.0 Å². The SMILES string of the molecule is C#Cc1cccc2cc(O)cc(-c3ncc4c(N5CC6CCC(C5)N6)nc(OC[C@@H]5CCCN5CCCCOCCC(=O)N[C@@H](C(=O)N5C[C@@H](O)C[C@@H]5C(=O)NCc5ccc(-c6scnc6C)cc5)C(C)(C)C)nc4c3F)c12. The number of ether oxygens (including phenoxy) is 2. The zero-order valence-electron chi connectivity index (χ0n) is 44.8. The van der Waals surface area contributed by atoms with Crippen molar-refractivity contribution in [1.29, 1.82) is 0 Å². The molecule has 4 saturated heterocycles. The van der Waals surface area contributed by atoms with Gasteiger partial charge in [-0.1, -0.05) is 63.1 Å². The topological polar surface area (TPSA) is 208 Å². The number of likely N-dealkylation sites (tertiary alicyclic amines) is 2. The molecule has 5 N–H and O–H groups in total. The van der Waals surface area contributed by atoms with E-state index in [9.17, 15) is 24.6 Å². The molecule has 2 unspecified atom stereocenters. The number of benzene rings is 3. The molecule has 17 nitrogen and oxygen atoms in total. The summed E-state index contributed by atoms with van der Waals surface area (Å²) >= 11 is 1.57. The lowest BCUT2D eigenvalue weighted by molar-refractivity contribution is -0.144. The fraction of sp³-hybridized carbons (Fsp3) is 0.475. The van der Waals surface area contributed by atoms with E-state index in [1.54, 1.807) is 35.7 Å². The second-order valence-electron chi connectivity index (χ2n) is 22.3. The number of rotatable bonds is 19. The summed E-state index contributed by atoms with van der Waals surface area (Å²) in [7, 11) is 0. The summed E-state index contributed by atoms with van der Waals surface area (Å²) in [5.41, 5.74) is 5.06. The highest BCUT2D eigenvalue weighted by Crippen LogP contribution is 2.39. The van der Waals surface area contributed by atoms with Gasteiger partial charge in [0, 0.05) is 86.5 Å². The summed E-state index contributed by atoms with van der Waals surface area (Å²) in [6.45, 7) is 11.9. The number of thiazole rings is 1. The number of amides is 3. The van der Waals surface area contributed by atoms with Crippen LogP contribution in [-0.4, -0.2) is 147 Å². The molecule has 0 spiro atoms. The number of phenolic OH excluding ortho intramolecular Hbond substituents is 1. The van der Waals surface area contributed by atoms with E-state index < -0.39 is 35.3 Å². The number of aliphatic hydroxyl groups excluding tert-OH is 1. The Morgan fingerprint density at radius 2 is 1.81 bits per heavy atom. The number of pyridine rings is 1. The number of nitrogens with zero attached hydrogens (tertiary/aromatic N) is 7. The lowest BCUT2D eigenvalue weighted by Crippen LogP contribution is -2.57. The van der Waals surface area contributed by atoms with Gasteiger partial charge in [0.1, 0.15) is 41.5 Å². The molecule has 0 radical (unpaired) electrons. The van der Waals surface area contributed by atoms with Crippen molar-refractivity contribution in [3.8, 4) is 45.8 Å². The molecule has 6 aromatic rings. The fourth-order valence-electron chi connectivity index (χ4n) is 11.6. The van der Waals surface area contributed by atoms with Gasteiger partial charge < -0.3 is 45.4 Å². The molecule has 19 heteroatoms. The van der Waals surface area contributed by atoms with Crippen molar-refractivity contribution in [2.24, 2.45) is 5.41 Å². The van der Waals surface area contributed by atoms with E-state index in [1.807, 2.05) is 63.5 Å². The van der Waals surface area contributed by atoms with Crippen molar-refractivity contribution in [3.63, 3.8) is 0 Å². The molecule has 0 aliphatic carbocycles. The van der Waals surface area contributed by atoms with E-state index in [-0.39, 0.29) is 73.4 Å². The van der Waals surface area contributed by atoms with E-state index in [0.717, 1.165) is 73.3 Å². The number of halogens is 1. The maximum atomic E-state index is 17.1. The number of aliphatic hydroxyl groups is 1. The number of carbonyl (C=O) groups is 3. The molecule has 3 aromatic heterocycles. The van der Waals surface area contributed by atoms with E-state index in [2.05, 4.69) is 41.6 Å². The molecule has 0 saturated carbocycles. The molecule has 2 bridgehead atoms. The van der Waals surface area contributed by atoms with E-state index in [4.69, 9.17) is 25.9 Å². The van der Waals surface area contributed by atoms with Crippen LogP contribution in [0.15, 0.2) is 66.3 Å². The molecular weight excluding hydrogens is 1010 g/mol. The Morgan fingerprint density at radius 3 is 2.55 bits per heavy atom. The number of aromatic hydroxyl groups is 1. The zero-order valence-corrected chi connectivity index (χ0v) is 45.6. The van der Waals surface area contributed by atoms with Crippen LogP contribution >= 0.6 is 11.3 Å². The summed E-state index contributed by atoms with van der Waals surface area (Å²) in [6, 6.07) is 15.3. The number of nitrogens with one attached hydrogen (secondary N) is 3. The molecule has 6 atom stereocenters. The minimum absolute atomic E-state index is 0.00877. The Kier molecular flexibility index (Phi) is 16.5. The van der Waals surface area contributed by atoms with Gasteiger partial charge in [0.05, 0.1) is 34.2 Å². The van der Waals surface area contributed by atoms with Gasteiger partial charge in [-0.05, 0) is 98.7 Å². The Morgan fingerprint density at radius 1 is 1.01 bits per heavy atom. The maximum absolute atomic E-state index is 17.1. The zero-order chi connectivity index (χ0) is 54.7. The number of piperazine rings is 1. The highest BCUT2D eigenvalue weighted by Gasteiger charge is 2.44. The van der Waals surface area contributed by atoms with Crippen LogP contribution in [0.4, 0.5) is 10.2 Å². The number of phenols is 1. The fourth-order valence-corrected chi connectivity index (χ4v) is 12.4. The average molecular weight is 1080 g/mol. The number of fused-ring (bicyclic) bond motifs is 4. The highest BCUT2D eigenvalue weighted by molar-refractivity contribution is 7.13. The standard InChI is InChI=1S/C59H69FN10O7S/c1-6-37-11-9-12-39-25-43(71)26-45(49(37)39)51-50(60)52-46(29-61-51)55(69-30-40-18-19-41(31-69)64-40)67-58(66-52)77-33-42-13-10-22-68(42)21-7-8-23-76-24-20-48(73)65-54(59(3,4)5)57(75)70-32-44(72)27-47(70)56(74)62-28-36-14-16-38(17-15-36)53-35(2)63-34-78-53/h1,9,11-12,14-17,25-26,29,34,40-42,44,47,54,64,71-72H,7-8,10,13,18-24,27-28,30-33H2,2-5H3,(H,62,74)(H,65,73)/t40?,41?,42-,44-,47+,54-/m0/s1. The normalized spacial score (nSPS) is 20.8. The predicted molar refractivity (Wildman–Crippen MR) is 298 cm³/mol. The van der Waals surface area contributed by atoms with Crippen LogP contribution in [0.5, 0.6) is 11.8 Å². The molecule has 10 rings (SSSR count). The number of aryl methyl sites for hydroxylation is 1. The third kappa shape index (κ3) is 12.1. The van der Waals surface area contributed by atoms with Crippen LogP contribution in [0, 0.1) is 30.5 Å². The summed E-state index contributed by atoms with van der Waals surface area (Å²) in [5, 5.41) is 32.7. The summed E-state index contributed by atoms with van der Waals surface area (Å²) in [6.07, 6.45) is 12.4. The van der Waals surface area contributed by atoms with Crippen molar-refractivity contribution in [1.82, 2.24) is 45.7 Å². The second kappa shape index (κ2) is 23.6. The van der Waals surface area contributed by atoms with Crippen molar-refractivity contribution >= 4 is 56.6 Å². The van der Waals surface area contributed by atoms with Gasteiger partial charge in [-0.2, -0.15) is 9.97 Å². The molecule has 410 valence electrons. The molecule has 4 aliphatic rings. The monoisotopic (exact) mass is 1080 g/mol. The predicted octanol–water partition coefficient (Wildman–Crippen LogP) is 6.88. The molecule has 7 heterocycles. The first-order chi connectivity index (χ1) is 37.6. The molecule has 78 heavy (non-hydrogen) atoms. The van der Waals surface area contributed by atoms with Crippen LogP contribution < -0.4 is 25.6 Å². The number of terminal acetylenes is 1. The number of hydrogen-bond donors (Lipinski definition) is 5. The summed E-state index contributed by atoms with van der Waals surface area (Å²) < 4.78 is 29.4. The summed E-state index contributed by atoms with van der Waals surface area (Å²) in [4.78, 5) is 66.7. The first-order valence-electron chi connectivity index (χ1n) is 27.2. The average Bonchev–Trinajstić information content (AvgIpc) is 4.36. The molecule has 3 aromatic carbocycles. The van der Waals surface area contributed by atoms with Gasteiger partial charge in [-0.25, -0.2) is 9.37 Å². The first kappa shape index (κ1) is 54.5. The van der Waals surface area contributed by atoms with E-state index in [0.29, 0.717) is 71.5 Å². The minimum Gasteiger partial charge on any atom is -0.508 e. The number of carbonyl (C=O) groups excluding carboxylic acids is 3. The number of hydrogen-bond acceptors (Lipinski definition) is 15. The Balaban J connectivity index is 0.708. The van der Waals surface area contributed by atoms with Crippen molar-refractivity contribution < 1.29 is 38.5 Å². The highest BCUT2D eigenvalue weighted by atomic mass is 32.1. The smallest absolute Gasteiger partial charge is 0.319 e. The van der Waals surface area contributed by atoms with Crippen molar-refractivity contribution in [2.45, 2.75) is 122 Å². The molecule has 4 fully saturated rings. The van der Waals surface area contributed by atoms with Crippen LogP contribution in [0.25, 0.3) is 43.4 Å². The van der Waals surface area contributed by atoms with E-state index in [1.165, 1.54) is 11.0 Å². The van der Waals surface area contributed by atoms with Gasteiger partial charge >= 0.3 is 6.01 Å². The number of anilines is 1. The van der Waals surface area contributed by atoms with E-state index >= 15 is 4.39 Å². The lowest BCUT2D eigenvalue weighted by atomic mass is 9.85. The summed E-state index contributed by atoms with van der Waals surface area (Å²) in [5.74, 6) is 1.47. The number of aromatic nitrogens is 4. The Bertz CT molecular complexity index is 3200. The van der Waals surface area contributed by atoms with Gasteiger partial charge in [-0.15, -0.1) is 17.8 Å². The second-order valence-corrected chi connectivity index (χ2v) is 23.1. The quantitative estimate of drug-likeness (QED) is 0.0414. The van der Waals surface area contributed by atoms with Gasteiger partial charge in [0.15, 0.2) is 5.82 Å². The van der Waals surface area contributed by atoms with Crippen molar-refractivity contribution in [2.75, 3.05) is 57.4 Å². The van der Waals surface area contributed by atoms with Gasteiger partial charge in [0.25, 0.3) is 0 Å². The van der Waals surface area contributed by atoms with Crippen LogP contribution in [-0.2, 0) is 25.7 Å². The van der Waals surface area contributed by atoms with Crippen LogP contribution in [0.2, 0.25) is 0 Å². The van der Waals surface area contributed by atoms with Gasteiger partial charge in [-0.3, -0.25) is 24.3 Å². The largest absolute Gasteiger partial charge is 0.508 e. The molecular formula is C59H69FN10O7S. The number of β-amino-alcohol motifs (C(OH)–C–C–N with tert-alkyl or cyclic N) is 1. The maximum Gasteiger partial charge on any atom is 0.319 e. The molecule has 4 aliphatic heterocycles. The van der Waals surface area contributed by atoms with Gasteiger partial charge in [0.2, 0.25) is 17.7 Å². The molecule has 3 amide bonds. The number of unbranched alkanes of at least 4 members (excludes halogenated alkanes) is 1. The lowest BCUT2D eigenvalue weighted by Gasteiger charge is -2.35.